The second kappa shape index (κ2) is 6.37. The summed E-state index contributed by atoms with van der Waals surface area (Å²) in [4.78, 5) is 20.4. The quantitative estimate of drug-likeness (QED) is 0.636. The summed E-state index contributed by atoms with van der Waals surface area (Å²) in [5.74, 6) is -2.36. The molecule has 0 aliphatic rings. The molecule has 1 aromatic carbocycles. The molecule has 0 saturated carbocycles. The lowest BCUT2D eigenvalue weighted by Gasteiger charge is -2.09. The van der Waals surface area contributed by atoms with Crippen LogP contribution in [0.1, 0.15) is 18.9 Å². The Morgan fingerprint density at radius 1 is 1.58 bits per heavy atom. The Bertz CT molecular complexity index is 534. The van der Waals surface area contributed by atoms with E-state index >= 15 is 0 Å². The molecule has 0 aliphatic carbocycles. The molecule has 0 radical (unpaired) electrons. The molecule has 2 unspecified atom stereocenters. The number of carbonyl (C=O) groups is 1. The van der Waals surface area contributed by atoms with Crippen LogP contribution in [-0.4, -0.2) is 25.5 Å². The van der Waals surface area contributed by atoms with Gasteiger partial charge in [-0.15, -0.1) is 0 Å². The molecule has 1 aromatic rings. The first-order valence-corrected chi connectivity index (χ1v) is 6.77. The number of nitro benzene ring substituents is 1. The fourth-order valence-electron chi connectivity index (χ4n) is 1.53. The van der Waals surface area contributed by atoms with Crippen LogP contribution < -0.4 is 0 Å². The van der Waals surface area contributed by atoms with E-state index < -0.39 is 38.4 Å². The van der Waals surface area contributed by atoms with Gasteiger partial charge in [0.1, 0.15) is 5.25 Å². The molecule has 0 amide bonds. The van der Waals surface area contributed by atoms with E-state index in [1.807, 2.05) is 0 Å². The number of benzene rings is 1. The summed E-state index contributed by atoms with van der Waals surface area (Å²) in [7, 11) is -1.70. The SMILES string of the molecule is CCC(C(=O)O)S(=O)Cc1ccc([N+](=O)[O-])c(F)c1. The van der Waals surface area contributed by atoms with Crippen LogP contribution in [0.25, 0.3) is 0 Å². The summed E-state index contributed by atoms with van der Waals surface area (Å²) >= 11 is 0. The number of nitro groups is 1. The van der Waals surface area contributed by atoms with Gasteiger partial charge in [0.2, 0.25) is 5.82 Å². The van der Waals surface area contributed by atoms with Crippen LogP contribution in [0, 0.1) is 15.9 Å². The lowest BCUT2D eigenvalue weighted by atomic mass is 10.2. The van der Waals surface area contributed by atoms with Crippen molar-refractivity contribution in [3.8, 4) is 0 Å². The average Bonchev–Trinajstić information content (AvgIpc) is 2.28. The zero-order valence-electron chi connectivity index (χ0n) is 10.0. The minimum Gasteiger partial charge on any atom is -0.480 e. The number of hydrogen-bond acceptors (Lipinski definition) is 4. The fraction of sp³-hybridized carbons (Fsp3) is 0.364. The highest BCUT2D eigenvalue weighted by atomic mass is 32.2. The van der Waals surface area contributed by atoms with Gasteiger partial charge in [-0.1, -0.05) is 13.0 Å². The van der Waals surface area contributed by atoms with Crippen LogP contribution in [0.15, 0.2) is 18.2 Å². The number of aliphatic carboxylic acids is 1. The Morgan fingerprint density at radius 2 is 2.21 bits per heavy atom. The van der Waals surface area contributed by atoms with Crippen LogP contribution in [0.4, 0.5) is 10.1 Å². The van der Waals surface area contributed by atoms with Crippen molar-refractivity contribution < 1.29 is 23.4 Å². The number of halogens is 1. The smallest absolute Gasteiger partial charge is 0.319 e. The molecule has 8 heteroatoms. The standard InChI is InChI=1S/C11H12FNO5S/c1-2-10(11(14)15)19(18)6-7-3-4-9(13(16)17)8(12)5-7/h3-5,10H,2,6H2,1H3,(H,14,15). The molecule has 1 N–H and O–H groups in total. The predicted molar refractivity (Wildman–Crippen MR) is 66.6 cm³/mol. The van der Waals surface area contributed by atoms with Gasteiger partial charge in [0.25, 0.3) is 0 Å². The molecule has 0 aliphatic heterocycles. The van der Waals surface area contributed by atoms with Gasteiger partial charge in [0.15, 0.2) is 0 Å². The molecule has 104 valence electrons. The molecule has 0 aromatic heterocycles. The van der Waals surface area contributed by atoms with Gasteiger partial charge in [-0.3, -0.25) is 19.1 Å². The van der Waals surface area contributed by atoms with Crippen LogP contribution in [-0.2, 0) is 21.3 Å². The maximum absolute atomic E-state index is 13.3. The van der Waals surface area contributed by atoms with Crippen molar-refractivity contribution in [2.45, 2.75) is 24.3 Å². The normalized spacial score (nSPS) is 13.8. The minimum absolute atomic E-state index is 0.153. The zero-order chi connectivity index (χ0) is 14.6. The van der Waals surface area contributed by atoms with E-state index in [1.165, 1.54) is 6.07 Å². The second-order valence-corrected chi connectivity index (χ2v) is 5.42. The minimum atomic E-state index is -1.70. The molecule has 0 fully saturated rings. The van der Waals surface area contributed by atoms with Crippen molar-refractivity contribution in [3.63, 3.8) is 0 Å². The molecular formula is C11H12FNO5S. The molecule has 1 rings (SSSR count). The van der Waals surface area contributed by atoms with E-state index in [2.05, 4.69) is 0 Å². The number of carboxylic acids is 1. The van der Waals surface area contributed by atoms with Gasteiger partial charge in [-0.25, -0.2) is 0 Å². The Balaban J connectivity index is 2.89. The Labute approximate surface area is 110 Å². The van der Waals surface area contributed by atoms with Crippen LogP contribution in [0.5, 0.6) is 0 Å². The third kappa shape index (κ3) is 3.82. The van der Waals surface area contributed by atoms with E-state index in [0.717, 1.165) is 12.1 Å². The van der Waals surface area contributed by atoms with Crippen molar-refractivity contribution in [2.24, 2.45) is 0 Å². The zero-order valence-corrected chi connectivity index (χ0v) is 10.9. The van der Waals surface area contributed by atoms with Crippen molar-refractivity contribution in [3.05, 3.63) is 39.7 Å². The summed E-state index contributed by atoms with van der Waals surface area (Å²) < 4.78 is 25.1. The first-order valence-electron chi connectivity index (χ1n) is 5.39. The molecule has 0 bridgehead atoms. The topological polar surface area (TPSA) is 97.5 Å². The van der Waals surface area contributed by atoms with E-state index in [4.69, 9.17) is 5.11 Å². The van der Waals surface area contributed by atoms with Crippen molar-refractivity contribution >= 4 is 22.5 Å². The first-order chi connectivity index (χ1) is 8.86. The predicted octanol–water partition coefficient (Wildman–Crippen LogP) is 1.85. The van der Waals surface area contributed by atoms with Crippen molar-refractivity contribution in [2.75, 3.05) is 0 Å². The molecule has 0 heterocycles. The lowest BCUT2D eigenvalue weighted by Crippen LogP contribution is -2.25. The van der Waals surface area contributed by atoms with Gasteiger partial charge in [0, 0.05) is 22.6 Å². The maximum atomic E-state index is 13.3. The summed E-state index contributed by atoms with van der Waals surface area (Å²) in [6.07, 6.45) is 0.192. The second-order valence-electron chi connectivity index (χ2n) is 3.80. The van der Waals surface area contributed by atoms with Crippen LogP contribution >= 0.6 is 0 Å². The summed E-state index contributed by atoms with van der Waals surface area (Å²) in [6, 6.07) is 3.15. The van der Waals surface area contributed by atoms with Gasteiger partial charge < -0.3 is 5.11 Å². The third-order valence-corrected chi connectivity index (χ3v) is 4.27. The Morgan fingerprint density at radius 3 is 2.63 bits per heavy atom. The van der Waals surface area contributed by atoms with Gasteiger partial charge >= 0.3 is 11.7 Å². The third-order valence-electron chi connectivity index (χ3n) is 2.48. The average molecular weight is 289 g/mol. The largest absolute Gasteiger partial charge is 0.480 e. The fourth-order valence-corrected chi connectivity index (χ4v) is 2.83. The van der Waals surface area contributed by atoms with E-state index in [1.54, 1.807) is 6.92 Å². The lowest BCUT2D eigenvalue weighted by molar-refractivity contribution is -0.387. The monoisotopic (exact) mass is 289 g/mol. The van der Waals surface area contributed by atoms with Crippen LogP contribution in [0.2, 0.25) is 0 Å². The van der Waals surface area contributed by atoms with Crippen molar-refractivity contribution in [1.82, 2.24) is 0 Å². The van der Waals surface area contributed by atoms with E-state index in [0.29, 0.717) is 0 Å². The van der Waals surface area contributed by atoms with E-state index in [-0.39, 0.29) is 17.7 Å². The molecule has 2 atom stereocenters. The summed E-state index contributed by atoms with van der Waals surface area (Å²) in [6.45, 7) is 1.59. The molecule has 0 saturated heterocycles. The molecule has 6 nitrogen and oxygen atoms in total. The Kier molecular flexibility index (Phi) is 5.11. The summed E-state index contributed by atoms with van der Waals surface area (Å²) in [5, 5.41) is 18.2. The molecule has 19 heavy (non-hydrogen) atoms. The maximum Gasteiger partial charge on any atom is 0.319 e. The van der Waals surface area contributed by atoms with E-state index in [9.17, 15) is 23.5 Å². The van der Waals surface area contributed by atoms with Gasteiger partial charge in [-0.05, 0) is 18.1 Å². The highest BCUT2D eigenvalue weighted by molar-refractivity contribution is 7.85. The number of nitrogens with zero attached hydrogens (tertiary/aromatic N) is 1. The molecule has 0 spiro atoms. The number of hydrogen-bond donors (Lipinski definition) is 1. The van der Waals surface area contributed by atoms with Crippen molar-refractivity contribution in [1.29, 1.82) is 0 Å². The number of carboxylic acid groups (broad SMARTS) is 1. The van der Waals surface area contributed by atoms with Crippen LogP contribution in [0.3, 0.4) is 0 Å². The Hall–Kier alpha value is -1.83. The summed E-state index contributed by atoms with van der Waals surface area (Å²) in [5.41, 5.74) is -0.402. The first kappa shape index (κ1) is 15.2. The number of rotatable bonds is 6. The highest BCUT2D eigenvalue weighted by Crippen LogP contribution is 2.19. The highest BCUT2D eigenvalue weighted by Gasteiger charge is 2.23. The molecular weight excluding hydrogens is 277 g/mol. The van der Waals surface area contributed by atoms with Gasteiger partial charge in [-0.2, -0.15) is 4.39 Å². The van der Waals surface area contributed by atoms with Gasteiger partial charge in [0.05, 0.1) is 4.92 Å².